The summed E-state index contributed by atoms with van der Waals surface area (Å²) in [7, 11) is 4.06. The maximum atomic E-state index is 5.94. The smallest absolute Gasteiger partial charge is 0.199 e. The number of aromatic nitrogens is 2. The van der Waals surface area contributed by atoms with E-state index >= 15 is 0 Å². The van der Waals surface area contributed by atoms with Crippen LogP contribution in [0, 0.1) is 5.41 Å². The summed E-state index contributed by atoms with van der Waals surface area (Å²) in [5.41, 5.74) is 1.84. The monoisotopic (exact) mass is 340 g/mol. The number of hydrogen-bond acceptors (Lipinski definition) is 4. The Balaban J connectivity index is 1.58. The van der Waals surface area contributed by atoms with Gasteiger partial charge in [0.1, 0.15) is 30.7 Å². The molecule has 0 saturated heterocycles. The summed E-state index contributed by atoms with van der Waals surface area (Å²) in [6.07, 6.45) is 4.06. The number of rotatable bonds is 4. The van der Waals surface area contributed by atoms with Gasteiger partial charge in [-0.25, -0.2) is 9.98 Å². The summed E-state index contributed by atoms with van der Waals surface area (Å²) < 4.78 is 16.1. The lowest BCUT2D eigenvalue weighted by Crippen LogP contribution is -2.34. The fourth-order valence-electron chi connectivity index (χ4n) is 3.47. The second-order valence-corrected chi connectivity index (χ2v) is 7.24. The largest absolute Gasteiger partial charge is 0.477 e. The first-order valence-electron chi connectivity index (χ1n) is 8.61. The van der Waals surface area contributed by atoms with Crippen molar-refractivity contribution in [2.45, 2.75) is 25.9 Å². The van der Waals surface area contributed by atoms with Crippen LogP contribution in [-0.2, 0) is 23.6 Å². The zero-order chi connectivity index (χ0) is 17.6. The van der Waals surface area contributed by atoms with Gasteiger partial charge in [0.15, 0.2) is 11.8 Å². The predicted molar refractivity (Wildman–Crippen MR) is 96.9 cm³/mol. The van der Waals surface area contributed by atoms with Crippen LogP contribution >= 0.6 is 0 Å². The second-order valence-electron chi connectivity index (χ2n) is 7.24. The van der Waals surface area contributed by atoms with E-state index in [1.54, 1.807) is 0 Å². The van der Waals surface area contributed by atoms with Crippen molar-refractivity contribution in [1.29, 1.82) is 0 Å². The van der Waals surface area contributed by atoms with Gasteiger partial charge in [0.05, 0.1) is 0 Å². The first kappa shape index (κ1) is 16.0. The van der Waals surface area contributed by atoms with Crippen molar-refractivity contribution in [2.24, 2.45) is 29.5 Å². The van der Waals surface area contributed by atoms with Gasteiger partial charge in [0, 0.05) is 37.9 Å². The molecule has 0 bridgehead atoms. The van der Waals surface area contributed by atoms with Crippen molar-refractivity contribution in [3.05, 3.63) is 48.0 Å². The Morgan fingerprint density at radius 1 is 0.880 bits per heavy atom. The standard InChI is InChI=1S/C19H24N4O2/c1-19(2,17-20-13(11-24-17)15-7-5-9-22(15)3)18-21-14(12-25-18)16-8-6-10-23(16)4/h5-10,13-14H,11-12H2,1-4H3/t13-,14-/m1/s1. The van der Waals surface area contributed by atoms with Gasteiger partial charge in [0.2, 0.25) is 0 Å². The van der Waals surface area contributed by atoms with Crippen LogP contribution in [0.1, 0.15) is 37.3 Å². The third kappa shape index (κ3) is 2.65. The Morgan fingerprint density at radius 2 is 1.32 bits per heavy atom. The van der Waals surface area contributed by atoms with Gasteiger partial charge < -0.3 is 18.6 Å². The molecule has 4 heterocycles. The average molecular weight is 340 g/mol. The molecular weight excluding hydrogens is 316 g/mol. The van der Waals surface area contributed by atoms with Crippen LogP contribution in [0.3, 0.4) is 0 Å². The van der Waals surface area contributed by atoms with Crippen molar-refractivity contribution < 1.29 is 9.47 Å². The molecule has 0 fully saturated rings. The molecule has 2 aromatic rings. The van der Waals surface area contributed by atoms with Gasteiger partial charge in [-0.05, 0) is 38.1 Å². The topological polar surface area (TPSA) is 53.0 Å². The summed E-state index contributed by atoms with van der Waals surface area (Å²) >= 11 is 0. The third-order valence-electron chi connectivity index (χ3n) is 5.02. The normalized spacial score (nSPS) is 23.2. The quantitative estimate of drug-likeness (QED) is 0.859. The lowest BCUT2D eigenvalue weighted by atomic mass is 9.93. The molecule has 0 saturated carbocycles. The molecule has 0 aromatic carbocycles. The first-order valence-corrected chi connectivity index (χ1v) is 8.61. The summed E-state index contributed by atoms with van der Waals surface area (Å²) in [5, 5.41) is 0. The van der Waals surface area contributed by atoms with Gasteiger partial charge in [-0.15, -0.1) is 0 Å². The highest BCUT2D eigenvalue weighted by Gasteiger charge is 2.42. The Hall–Kier alpha value is -2.50. The van der Waals surface area contributed by atoms with E-state index in [1.807, 2.05) is 38.6 Å². The van der Waals surface area contributed by atoms with E-state index in [-0.39, 0.29) is 12.1 Å². The van der Waals surface area contributed by atoms with Crippen LogP contribution in [-0.4, -0.2) is 34.1 Å². The predicted octanol–water partition coefficient (Wildman–Crippen LogP) is 3.03. The molecule has 0 spiro atoms. The van der Waals surface area contributed by atoms with Gasteiger partial charge in [0.25, 0.3) is 0 Å². The molecule has 0 unspecified atom stereocenters. The Morgan fingerprint density at radius 3 is 1.68 bits per heavy atom. The number of hydrogen-bond donors (Lipinski definition) is 0. The maximum Gasteiger partial charge on any atom is 0.199 e. The lowest BCUT2D eigenvalue weighted by molar-refractivity contribution is 0.263. The summed E-state index contributed by atoms with van der Waals surface area (Å²) in [4.78, 5) is 9.64. The van der Waals surface area contributed by atoms with E-state index in [2.05, 4.69) is 35.1 Å². The molecule has 2 aliphatic rings. The van der Waals surface area contributed by atoms with Gasteiger partial charge in [-0.1, -0.05) is 0 Å². The summed E-state index contributed by atoms with van der Waals surface area (Å²) in [6, 6.07) is 8.29. The molecular formula is C19H24N4O2. The third-order valence-corrected chi connectivity index (χ3v) is 5.02. The van der Waals surface area contributed by atoms with Crippen LogP contribution in [0.25, 0.3) is 0 Å². The highest BCUT2D eigenvalue weighted by molar-refractivity contribution is 6.05. The minimum Gasteiger partial charge on any atom is -0.477 e. The minimum absolute atomic E-state index is 0.0277. The van der Waals surface area contributed by atoms with Crippen molar-refractivity contribution in [3.8, 4) is 0 Å². The van der Waals surface area contributed by atoms with Gasteiger partial charge in [-0.2, -0.15) is 0 Å². The zero-order valence-electron chi connectivity index (χ0n) is 15.1. The maximum absolute atomic E-state index is 5.94. The van der Waals surface area contributed by atoms with Crippen LogP contribution in [0.5, 0.6) is 0 Å². The molecule has 4 rings (SSSR count). The molecule has 0 amide bonds. The second kappa shape index (κ2) is 5.79. The Labute approximate surface area is 147 Å². The van der Waals surface area contributed by atoms with E-state index < -0.39 is 5.41 Å². The number of ether oxygens (including phenoxy) is 2. The number of aryl methyl sites for hydroxylation is 2. The molecule has 2 atom stereocenters. The van der Waals surface area contributed by atoms with Crippen molar-refractivity contribution >= 4 is 11.8 Å². The van der Waals surface area contributed by atoms with Crippen molar-refractivity contribution in [1.82, 2.24) is 9.13 Å². The molecule has 0 radical (unpaired) electrons. The first-order chi connectivity index (χ1) is 12.0. The van der Waals surface area contributed by atoms with E-state index in [0.29, 0.717) is 25.0 Å². The summed E-state index contributed by atoms with van der Waals surface area (Å²) in [5.74, 6) is 1.40. The molecule has 132 valence electrons. The van der Waals surface area contributed by atoms with Crippen LogP contribution in [0.2, 0.25) is 0 Å². The van der Waals surface area contributed by atoms with E-state index in [1.165, 1.54) is 0 Å². The van der Waals surface area contributed by atoms with E-state index in [0.717, 1.165) is 11.4 Å². The fourth-order valence-corrected chi connectivity index (χ4v) is 3.47. The molecule has 2 aliphatic heterocycles. The highest BCUT2D eigenvalue weighted by atomic mass is 16.5. The lowest BCUT2D eigenvalue weighted by Gasteiger charge is -2.22. The van der Waals surface area contributed by atoms with Crippen LogP contribution in [0.15, 0.2) is 46.6 Å². The summed E-state index contributed by atoms with van der Waals surface area (Å²) in [6.45, 7) is 5.24. The zero-order valence-corrected chi connectivity index (χ0v) is 15.1. The molecule has 0 N–H and O–H groups in total. The highest BCUT2D eigenvalue weighted by Crippen LogP contribution is 2.35. The van der Waals surface area contributed by atoms with Crippen LogP contribution in [0.4, 0.5) is 0 Å². The molecule has 25 heavy (non-hydrogen) atoms. The number of aliphatic imine (C=N–C) groups is 2. The molecule has 2 aromatic heterocycles. The molecule has 6 nitrogen and oxygen atoms in total. The Kier molecular flexibility index (Phi) is 3.71. The van der Waals surface area contributed by atoms with Gasteiger partial charge >= 0.3 is 0 Å². The molecule has 6 heteroatoms. The Bertz CT molecular complexity index is 775. The number of nitrogens with zero attached hydrogens (tertiary/aromatic N) is 4. The van der Waals surface area contributed by atoms with Crippen molar-refractivity contribution in [2.75, 3.05) is 13.2 Å². The average Bonchev–Trinajstić information content (AvgIpc) is 3.33. The van der Waals surface area contributed by atoms with E-state index in [9.17, 15) is 0 Å². The fraction of sp³-hybridized carbons (Fsp3) is 0.474. The van der Waals surface area contributed by atoms with Gasteiger partial charge in [-0.3, -0.25) is 0 Å². The minimum atomic E-state index is -0.472. The van der Waals surface area contributed by atoms with Crippen LogP contribution < -0.4 is 0 Å². The van der Waals surface area contributed by atoms with Crippen molar-refractivity contribution in [3.63, 3.8) is 0 Å². The SMILES string of the molecule is Cn1cccc1[C@H]1COC(C(C)(C)C2=N[C@@H](c3cccn3C)CO2)=N1. The van der Waals surface area contributed by atoms with E-state index in [4.69, 9.17) is 19.5 Å². The molecule has 0 aliphatic carbocycles.